The Morgan fingerprint density at radius 2 is 1.67 bits per heavy atom. The van der Waals surface area contributed by atoms with Crippen LogP contribution in [0.4, 0.5) is 4.39 Å². The molecule has 11 atom stereocenters. The van der Waals surface area contributed by atoms with Crippen molar-refractivity contribution in [1.29, 1.82) is 0 Å². The fourth-order valence-corrected chi connectivity index (χ4v) is 12.3. The maximum Gasteiger partial charge on any atom is 0.212 e. The SMILES string of the molecule is C[C@H](C(C[C@@H](C)O)S(=O)(=O)c1ccccc1)[C@H]1CC[C@H]2[C@@H]3CC4(C)[C@](O)(F)CC[C@]4(C)[C@H]3CC[C@]12C. The van der Waals surface area contributed by atoms with Gasteiger partial charge >= 0.3 is 0 Å². The van der Waals surface area contributed by atoms with Crippen LogP contribution in [0, 0.1) is 45.8 Å². The zero-order valence-corrected chi connectivity index (χ0v) is 23.4. The van der Waals surface area contributed by atoms with Crippen LogP contribution in [0.25, 0.3) is 0 Å². The number of hydrogen-bond acceptors (Lipinski definition) is 4. The van der Waals surface area contributed by atoms with Crippen molar-refractivity contribution in [2.45, 2.75) is 108 Å². The summed E-state index contributed by atoms with van der Waals surface area (Å²) in [5, 5.41) is 20.5. The van der Waals surface area contributed by atoms with Crippen molar-refractivity contribution in [3.05, 3.63) is 30.3 Å². The predicted octanol–water partition coefficient (Wildman–Crippen LogP) is 6.16. The first-order chi connectivity index (χ1) is 16.7. The number of sulfone groups is 1. The number of fused-ring (bicyclic) bond motifs is 5. The average Bonchev–Trinajstić information content (AvgIpc) is 3.35. The fraction of sp³-hybridized carbons (Fsp3) is 0.800. The van der Waals surface area contributed by atoms with E-state index < -0.39 is 32.5 Å². The van der Waals surface area contributed by atoms with Crippen LogP contribution in [0.2, 0.25) is 0 Å². The van der Waals surface area contributed by atoms with Crippen molar-refractivity contribution in [1.82, 2.24) is 0 Å². The van der Waals surface area contributed by atoms with Crippen LogP contribution in [0.5, 0.6) is 0 Å². The fourth-order valence-electron chi connectivity index (χ4n) is 10.1. The van der Waals surface area contributed by atoms with E-state index >= 15 is 4.39 Å². The molecule has 36 heavy (non-hydrogen) atoms. The van der Waals surface area contributed by atoms with Crippen molar-refractivity contribution in [3.63, 3.8) is 0 Å². The van der Waals surface area contributed by atoms with E-state index in [1.165, 1.54) is 0 Å². The lowest BCUT2D eigenvalue weighted by atomic mass is 9.54. The molecule has 0 aromatic heterocycles. The van der Waals surface area contributed by atoms with Crippen molar-refractivity contribution < 1.29 is 23.0 Å². The molecule has 2 unspecified atom stereocenters. The highest BCUT2D eigenvalue weighted by Gasteiger charge is 2.74. The standard InChI is InChI=1S/C30H45FO4S/c1-19(32)17-26(36(34,35)21-9-7-6-8-10-21)20(2)23-11-12-24-22-18-29(5)28(4,15-16-30(29,31)33)25(22)13-14-27(23,24)3/h6-10,19-20,22-26,32-33H,11-18H2,1-5H3/t19-,20+,22+,23-,24+,25+,26?,27-,28-,29?,30+/m1/s1. The molecule has 4 nitrogen and oxygen atoms in total. The number of aliphatic hydroxyl groups excluding tert-OH is 1. The molecule has 0 radical (unpaired) electrons. The minimum atomic E-state index is -3.60. The van der Waals surface area contributed by atoms with E-state index in [4.69, 9.17) is 0 Å². The van der Waals surface area contributed by atoms with Gasteiger partial charge in [0.1, 0.15) is 0 Å². The first-order valence-corrected chi connectivity index (χ1v) is 15.6. The monoisotopic (exact) mass is 520 g/mol. The number of alkyl halides is 1. The highest BCUT2D eigenvalue weighted by atomic mass is 32.2. The molecule has 1 aromatic rings. The van der Waals surface area contributed by atoms with E-state index in [0.29, 0.717) is 22.6 Å². The van der Waals surface area contributed by atoms with Gasteiger partial charge in [0.2, 0.25) is 5.85 Å². The molecule has 2 N–H and O–H groups in total. The molecule has 0 saturated heterocycles. The molecule has 5 rings (SSSR count). The maximum absolute atomic E-state index is 15.5. The number of halogens is 1. The van der Waals surface area contributed by atoms with Crippen molar-refractivity contribution >= 4 is 9.84 Å². The second-order valence-corrected chi connectivity index (χ2v) is 15.8. The van der Waals surface area contributed by atoms with Gasteiger partial charge in [-0.05, 0) is 104 Å². The summed E-state index contributed by atoms with van der Waals surface area (Å²) in [6.07, 6.45) is 5.29. The molecule has 4 aliphatic rings. The van der Waals surface area contributed by atoms with Gasteiger partial charge < -0.3 is 10.2 Å². The first-order valence-electron chi connectivity index (χ1n) is 14.1. The molecule has 0 spiro atoms. The normalized spacial score (nSPS) is 46.6. The minimum absolute atomic E-state index is 0.0104. The quantitative estimate of drug-likeness (QED) is 0.471. The lowest BCUT2D eigenvalue weighted by Gasteiger charge is -2.51. The highest BCUT2D eigenvalue weighted by Crippen LogP contribution is 2.77. The summed E-state index contributed by atoms with van der Waals surface area (Å²) in [6, 6.07) is 8.67. The summed E-state index contributed by atoms with van der Waals surface area (Å²) >= 11 is 0. The van der Waals surface area contributed by atoms with Crippen LogP contribution in [0.15, 0.2) is 35.2 Å². The molecule has 4 saturated carbocycles. The molecule has 6 heteroatoms. The molecule has 0 heterocycles. The summed E-state index contributed by atoms with van der Waals surface area (Å²) in [5.74, 6) is -0.754. The zero-order valence-electron chi connectivity index (χ0n) is 22.6. The van der Waals surface area contributed by atoms with Crippen molar-refractivity contribution in [2.75, 3.05) is 0 Å². The second-order valence-electron chi connectivity index (χ2n) is 13.7. The number of aliphatic hydroxyl groups is 2. The molecule has 4 fully saturated rings. The number of hydrogen-bond donors (Lipinski definition) is 2. The lowest BCUT2D eigenvalue weighted by molar-refractivity contribution is -0.181. The molecular weight excluding hydrogens is 475 g/mol. The van der Waals surface area contributed by atoms with E-state index in [1.807, 2.05) is 13.0 Å². The summed E-state index contributed by atoms with van der Waals surface area (Å²) in [7, 11) is -3.60. The largest absolute Gasteiger partial charge is 0.393 e. The Labute approximate surface area is 217 Å². The summed E-state index contributed by atoms with van der Waals surface area (Å²) in [5.41, 5.74) is -0.906. The molecule has 0 aliphatic heterocycles. The Morgan fingerprint density at radius 3 is 2.31 bits per heavy atom. The molecular formula is C30H45FO4S. The van der Waals surface area contributed by atoms with Gasteiger partial charge in [0.15, 0.2) is 9.84 Å². The molecule has 4 aliphatic carbocycles. The molecule has 1 aromatic carbocycles. The Hall–Kier alpha value is -0.980. The van der Waals surface area contributed by atoms with Gasteiger partial charge in [0.05, 0.1) is 16.2 Å². The second kappa shape index (κ2) is 8.51. The van der Waals surface area contributed by atoms with Crippen LogP contribution < -0.4 is 0 Å². The van der Waals surface area contributed by atoms with Gasteiger partial charge in [0.25, 0.3) is 0 Å². The Kier molecular flexibility index (Phi) is 6.29. The third kappa shape index (κ3) is 3.52. The molecule has 0 bridgehead atoms. The van der Waals surface area contributed by atoms with E-state index in [-0.39, 0.29) is 35.5 Å². The van der Waals surface area contributed by atoms with Gasteiger partial charge in [-0.3, -0.25) is 0 Å². The summed E-state index contributed by atoms with van der Waals surface area (Å²) in [6.45, 7) is 10.3. The van der Waals surface area contributed by atoms with Crippen molar-refractivity contribution in [3.8, 4) is 0 Å². The third-order valence-electron chi connectivity index (χ3n) is 12.3. The van der Waals surface area contributed by atoms with Gasteiger partial charge in [-0.15, -0.1) is 0 Å². The van der Waals surface area contributed by atoms with E-state index in [0.717, 1.165) is 38.5 Å². The maximum atomic E-state index is 15.5. The zero-order chi connectivity index (χ0) is 26.3. The molecule has 202 valence electrons. The average molecular weight is 521 g/mol. The van der Waals surface area contributed by atoms with Crippen LogP contribution in [-0.4, -0.2) is 35.8 Å². The third-order valence-corrected chi connectivity index (χ3v) is 14.7. The van der Waals surface area contributed by atoms with Crippen LogP contribution in [0.1, 0.15) is 86.0 Å². The van der Waals surface area contributed by atoms with Crippen LogP contribution in [-0.2, 0) is 9.84 Å². The number of rotatable bonds is 6. The summed E-state index contributed by atoms with van der Waals surface area (Å²) < 4.78 is 43.1. The topological polar surface area (TPSA) is 74.6 Å². The van der Waals surface area contributed by atoms with Crippen LogP contribution in [0.3, 0.4) is 0 Å². The Morgan fingerprint density at radius 1 is 1.00 bits per heavy atom. The van der Waals surface area contributed by atoms with Crippen LogP contribution >= 0.6 is 0 Å². The molecule has 0 amide bonds. The highest BCUT2D eigenvalue weighted by molar-refractivity contribution is 7.92. The van der Waals surface area contributed by atoms with Gasteiger partial charge in [-0.25, -0.2) is 12.8 Å². The Balaban J connectivity index is 1.45. The van der Waals surface area contributed by atoms with E-state index in [9.17, 15) is 18.6 Å². The van der Waals surface area contributed by atoms with Crippen molar-refractivity contribution in [2.24, 2.45) is 45.8 Å². The lowest BCUT2D eigenvalue weighted by Crippen LogP contribution is -2.47. The van der Waals surface area contributed by atoms with Gasteiger partial charge in [-0.2, -0.15) is 0 Å². The van der Waals surface area contributed by atoms with E-state index in [2.05, 4.69) is 20.8 Å². The van der Waals surface area contributed by atoms with Gasteiger partial charge in [0, 0.05) is 11.8 Å². The minimum Gasteiger partial charge on any atom is -0.393 e. The smallest absolute Gasteiger partial charge is 0.212 e. The van der Waals surface area contributed by atoms with E-state index in [1.54, 1.807) is 31.2 Å². The Bertz CT molecular complexity index is 1090. The number of benzene rings is 1. The predicted molar refractivity (Wildman–Crippen MR) is 140 cm³/mol. The van der Waals surface area contributed by atoms with Gasteiger partial charge in [-0.1, -0.05) is 45.9 Å². The first kappa shape index (κ1) is 26.6. The summed E-state index contributed by atoms with van der Waals surface area (Å²) in [4.78, 5) is 0.331.